The molecule has 1 aromatic heterocycles. The zero-order valence-electron chi connectivity index (χ0n) is 24.3. The number of hydrogen-bond acceptors (Lipinski definition) is 6. The molecular formula is C34H38N4O3S. The zero-order valence-corrected chi connectivity index (χ0v) is 25.2. The first kappa shape index (κ1) is 30.8. The second-order valence-electron chi connectivity index (χ2n) is 10.6. The van der Waals surface area contributed by atoms with Gasteiger partial charge in [-0.1, -0.05) is 72.8 Å². The van der Waals surface area contributed by atoms with E-state index in [1.54, 1.807) is 36.2 Å². The number of aliphatic hydroxyl groups excluding tert-OH is 1. The van der Waals surface area contributed by atoms with Crippen LogP contribution >= 0.6 is 11.3 Å². The van der Waals surface area contributed by atoms with Crippen molar-refractivity contribution in [2.24, 2.45) is 0 Å². The molecule has 42 heavy (non-hydrogen) atoms. The van der Waals surface area contributed by atoms with Crippen molar-refractivity contribution in [2.75, 3.05) is 13.6 Å². The van der Waals surface area contributed by atoms with Crippen LogP contribution < -0.4 is 10.6 Å². The van der Waals surface area contributed by atoms with Crippen molar-refractivity contribution < 1.29 is 14.7 Å². The molecule has 0 spiro atoms. The fourth-order valence-electron chi connectivity index (χ4n) is 4.62. The number of aliphatic hydroxyl groups is 1. The highest BCUT2D eigenvalue weighted by atomic mass is 32.1. The smallest absolute Gasteiger partial charge is 0.253 e. The number of aryl methyl sites for hydroxylation is 1. The summed E-state index contributed by atoms with van der Waals surface area (Å²) < 4.78 is 0. The van der Waals surface area contributed by atoms with Gasteiger partial charge in [-0.25, -0.2) is 4.98 Å². The van der Waals surface area contributed by atoms with Crippen LogP contribution in [0.25, 0.3) is 5.57 Å². The maximum atomic E-state index is 13.4. The lowest BCUT2D eigenvalue weighted by Gasteiger charge is -2.25. The van der Waals surface area contributed by atoms with Crippen LogP contribution in [0.15, 0.2) is 90.8 Å². The fourth-order valence-corrected chi connectivity index (χ4v) is 5.44. The molecule has 7 nitrogen and oxygen atoms in total. The van der Waals surface area contributed by atoms with E-state index in [4.69, 9.17) is 0 Å². The Bertz CT molecular complexity index is 1520. The second-order valence-corrected chi connectivity index (χ2v) is 11.5. The Balaban J connectivity index is 1.42. The molecular weight excluding hydrogens is 544 g/mol. The minimum absolute atomic E-state index is 0.196. The molecule has 0 aliphatic rings. The van der Waals surface area contributed by atoms with Gasteiger partial charge < -0.3 is 20.6 Å². The third kappa shape index (κ3) is 8.69. The predicted molar refractivity (Wildman–Crippen MR) is 169 cm³/mol. The van der Waals surface area contributed by atoms with E-state index in [0.29, 0.717) is 30.6 Å². The van der Waals surface area contributed by atoms with Crippen LogP contribution in [0.1, 0.15) is 55.0 Å². The van der Waals surface area contributed by atoms with E-state index in [9.17, 15) is 14.7 Å². The highest BCUT2D eigenvalue weighted by molar-refractivity contribution is 7.09. The van der Waals surface area contributed by atoms with Crippen LogP contribution in [0.3, 0.4) is 0 Å². The van der Waals surface area contributed by atoms with Crippen LogP contribution in [-0.2, 0) is 19.5 Å². The molecule has 0 bridgehead atoms. The number of benzene rings is 3. The van der Waals surface area contributed by atoms with Gasteiger partial charge in [0.2, 0.25) is 0 Å². The Kier molecular flexibility index (Phi) is 10.8. The number of allylic oxidation sites excluding steroid dienone is 1. The summed E-state index contributed by atoms with van der Waals surface area (Å²) in [6.45, 7) is 9.15. The first-order valence-corrected chi connectivity index (χ1v) is 14.8. The van der Waals surface area contributed by atoms with Crippen LogP contribution in [0.4, 0.5) is 0 Å². The summed E-state index contributed by atoms with van der Waals surface area (Å²) in [6.07, 6.45) is -0.397. The topological polar surface area (TPSA) is 94.6 Å². The largest absolute Gasteiger partial charge is 0.390 e. The standard InChI is InChI=1S/C34H38N4O3S/c1-23(2)27-13-8-12-26(16-27)19-35-20-31(39)30(17-25-10-6-5-7-11-25)37-33(40)28-14-9-15-29(18-28)34(41)38(4)21-32-36-24(3)22-42-32/h5-16,18,22,30-31,35,39H,1,17,19-21H2,2-4H3,(H,37,40)/t30-,31+/m0/s1. The number of rotatable bonds is 13. The van der Waals surface area contributed by atoms with Crippen LogP contribution in [-0.4, -0.2) is 52.5 Å². The first-order valence-electron chi connectivity index (χ1n) is 13.9. The van der Waals surface area contributed by atoms with Crippen molar-refractivity contribution in [1.29, 1.82) is 0 Å². The van der Waals surface area contributed by atoms with Crippen molar-refractivity contribution in [3.63, 3.8) is 0 Å². The van der Waals surface area contributed by atoms with E-state index >= 15 is 0 Å². The molecule has 3 N–H and O–H groups in total. The zero-order chi connectivity index (χ0) is 30.1. The summed E-state index contributed by atoms with van der Waals surface area (Å²) in [5.74, 6) is -0.546. The number of hydrogen-bond donors (Lipinski definition) is 3. The lowest BCUT2D eigenvalue weighted by atomic mass is 10.00. The molecule has 2 atom stereocenters. The number of nitrogens with zero attached hydrogens (tertiary/aromatic N) is 2. The summed E-state index contributed by atoms with van der Waals surface area (Å²) in [6, 6.07) is 24.0. The molecule has 1 heterocycles. The van der Waals surface area contributed by atoms with Gasteiger partial charge in [-0.2, -0.15) is 0 Å². The molecule has 0 aliphatic heterocycles. The van der Waals surface area contributed by atoms with E-state index in [2.05, 4.69) is 28.3 Å². The van der Waals surface area contributed by atoms with Crippen LogP contribution in [0.2, 0.25) is 0 Å². The monoisotopic (exact) mass is 582 g/mol. The third-order valence-corrected chi connectivity index (χ3v) is 7.89. The van der Waals surface area contributed by atoms with Gasteiger partial charge in [-0.3, -0.25) is 9.59 Å². The van der Waals surface area contributed by atoms with Crippen molar-refractivity contribution in [1.82, 2.24) is 20.5 Å². The summed E-state index contributed by atoms with van der Waals surface area (Å²) in [5, 5.41) is 20.3. The Morgan fingerprint density at radius 1 is 0.976 bits per heavy atom. The van der Waals surface area contributed by atoms with Crippen molar-refractivity contribution in [3.8, 4) is 0 Å². The molecule has 0 saturated carbocycles. The van der Waals surface area contributed by atoms with Gasteiger partial charge in [0.15, 0.2) is 0 Å². The maximum Gasteiger partial charge on any atom is 0.253 e. The molecule has 3 aromatic carbocycles. The normalized spacial score (nSPS) is 12.4. The summed E-state index contributed by atoms with van der Waals surface area (Å²) in [4.78, 5) is 32.5. The maximum absolute atomic E-state index is 13.4. The second kappa shape index (κ2) is 14.7. The Morgan fingerprint density at radius 2 is 1.67 bits per heavy atom. The number of amides is 2. The highest BCUT2D eigenvalue weighted by Crippen LogP contribution is 2.16. The molecule has 0 fully saturated rings. The third-order valence-electron chi connectivity index (χ3n) is 6.94. The predicted octanol–water partition coefficient (Wildman–Crippen LogP) is 5.25. The number of carbonyl (C=O) groups is 2. The van der Waals surface area contributed by atoms with Crippen molar-refractivity contribution >= 4 is 28.7 Å². The molecule has 0 radical (unpaired) electrons. The van der Waals surface area contributed by atoms with Crippen molar-refractivity contribution in [2.45, 2.75) is 45.5 Å². The van der Waals surface area contributed by atoms with Gasteiger partial charge in [0, 0.05) is 42.3 Å². The Labute approximate surface area is 251 Å². The van der Waals surface area contributed by atoms with E-state index in [1.165, 1.54) is 11.3 Å². The minimum Gasteiger partial charge on any atom is -0.390 e. The summed E-state index contributed by atoms with van der Waals surface area (Å²) in [7, 11) is 1.72. The van der Waals surface area contributed by atoms with Gasteiger partial charge in [-0.15, -0.1) is 11.3 Å². The molecule has 8 heteroatoms. The van der Waals surface area contributed by atoms with E-state index in [-0.39, 0.29) is 18.4 Å². The first-order chi connectivity index (χ1) is 20.2. The van der Waals surface area contributed by atoms with Crippen LogP contribution in [0.5, 0.6) is 0 Å². The van der Waals surface area contributed by atoms with Gasteiger partial charge in [0.25, 0.3) is 11.8 Å². The average Bonchev–Trinajstić information content (AvgIpc) is 3.41. The molecule has 2 amide bonds. The van der Waals surface area contributed by atoms with E-state index in [1.807, 2.05) is 67.8 Å². The Hall–Kier alpha value is -4.11. The SMILES string of the molecule is C=C(C)c1cccc(CNC[C@@H](O)[C@H](Cc2ccccc2)NC(=O)c2cccc(C(=O)N(C)Cc3nc(C)cs3)c2)c1. The number of nitrogens with one attached hydrogen (secondary N) is 2. The summed E-state index contributed by atoms with van der Waals surface area (Å²) >= 11 is 1.51. The highest BCUT2D eigenvalue weighted by Gasteiger charge is 2.23. The minimum atomic E-state index is -0.851. The lowest BCUT2D eigenvalue weighted by Crippen LogP contribution is -2.48. The van der Waals surface area contributed by atoms with E-state index < -0.39 is 12.1 Å². The summed E-state index contributed by atoms with van der Waals surface area (Å²) in [5.41, 5.74) is 5.85. The van der Waals surface area contributed by atoms with Gasteiger partial charge in [0.1, 0.15) is 5.01 Å². The van der Waals surface area contributed by atoms with Gasteiger partial charge in [0.05, 0.1) is 18.7 Å². The molecule has 0 aliphatic carbocycles. The van der Waals surface area contributed by atoms with Gasteiger partial charge >= 0.3 is 0 Å². The fraction of sp³-hybridized carbons (Fsp3) is 0.265. The van der Waals surface area contributed by atoms with Gasteiger partial charge in [-0.05, 0) is 55.2 Å². The molecule has 4 rings (SSSR count). The molecule has 218 valence electrons. The number of carbonyl (C=O) groups excluding carboxylic acids is 2. The Morgan fingerprint density at radius 3 is 2.38 bits per heavy atom. The van der Waals surface area contributed by atoms with Crippen molar-refractivity contribution in [3.05, 3.63) is 129 Å². The molecule has 0 unspecified atom stereocenters. The number of thiazole rings is 1. The molecule has 4 aromatic rings. The lowest BCUT2D eigenvalue weighted by molar-refractivity contribution is 0.0784. The molecule has 0 saturated heterocycles. The van der Waals surface area contributed by atoms with E-state index in [0.717, 1.165) is 33.0 Å². The number of aromatic nitrogens is 1. The average molecular weight is 583 g/mol. The van der Waals surface area contributed by atoms with Crippen LogP contribution in [0, 0.1) is 6.92 Å². The quantitative estimate of drug-likeness (QED) is 0.200.